The van der Waals surface area contributed by atoms with E-state index >= 15 is 0 Å². The summed E-state index contributed by atoms with van der Waals surface area (Å²) in [7, 11) is 1.92. The molecule has 4 heteroatoms. The van der Waals surface area contributed by atoms with Crippen LogP contribution in [0.15, 0.2) is 12.4 Å². The Morgan fingerprint density at radius 1 is 1.60 bits per heavy atom. The fraction of sp³-hybridized carbons (Fsp3) is 0.727. The third-order valence-electron chi connectivity index (χ3n) is 2.95. The summed E-state index contributed by atoms with van der Waals surface area (Å²) >= 11 is 1.90. The van der Waals surface area contributed by atoms with Crippen molar-refractivity contribution in [2.45, 2.75) is 37.0 Å². The molecule has 0 aliphatic heterocycles. The Kier molecular flexibility index (Phi) is 3.70. The predicted octanol–water partition coefficient (Wildman–Crippen LogP) is 2.13. The second kappa shape index (κ2) is 5.03. The van der Waals surface area contributed by atoms with Gasteiger partial charge in [-0.1, -0.05) is 12.8 Å². The zero-order chi connectivity index (χ0) is 10.7. The summed E-state index contributed by atoms with van der Waals surface area (Å²) in [6.07, 6.45) is 8.54. The highest BCUT2D eigenvalue weighted by atomic mass is 32.2. The van der Waals surface area contributed by atoms with Crippen LogP contribution in [0.4, 0.5) is 0 Å². The molecule has 84 valence electrons. The summed E-state index contributed by atoms with van der Waals surface area (Å²) in [4.78, 5) is 4.16. The van der Waals surface area contributed by atoms with Crippen molar-refractivity contribution in [3.63, 3.8) is 0 Å². The van der Waals surface area contributed by atoms with Crippen LogP contribution in [0.2, 0.25) is 0 Å². The molecule has 1 aromatic heterocycles. The van der Waals surface area contributed by atoms with E-state index in [0.29, 0.717) is 0 Å². The predicted molar refractivity (Wildman–Crippen MR) is 62.9 cm³/mol. The lowest BCUT2D eigenvalue weighted by molar-refractivity contribution is 0.190. The molecule has 1 N–H and O–H groups in total. The zero-order valence-electron chi connectivity index (χ0n) is 9.09. The van der Waals surface area contributed by atoms with Gasteiger partial charge in [-0.05, 0) is 12.8 Å². The summed E-state index contributed by atoms with van der Waals surface area (Å²) in [5.41, 5.74) is 0. The van der Waals surface area contributed by atoms with Crippen LogP contribution in [0.1, 0.15) is 37.6 Å². The van der Waals surface area contributed by atoms with Crippen LogP contribution in [0.5, 0.6) is 0 Å². The van der Waals surface area contributed by atoms with Gasteiger partial charge in [-0.15, -0.1) is 0 Å². The molecule has 0 spiro atoms. The molecule has 1 heterocycles. The first-order chi connectivity index (χ1) is 7.27. The Balaban J connectivity index is 1.81. The number of imidazole rings is 1. The van der Waals surface area contributed by atoms with E-state index in [1.165, 1.54) is 25.7 Å². The third kappa shape index (κ3) is 2.75. The van der Waals surface area contributed by atoms with E-state index in [1.807, 2.05) is 29.6 Å². The molecule has 1 saturated carbocycles. The van der Waals surface area contributed by atoms with Crippen molar-refractivity contribution in [3.8, 4) is 0 Å². The molecule has 1 aromatic rings. The highest BCUT2D eigenvalue weighted by Crippen LogP contribution is 2.31. The zero-order valence-corrected chi connectivity index (χ0v) is 9.91. The van der Waals surface area contributed by atoms with Crippen molar-refractivity contribution in [1.82, 2.24) is 9.55 Å². The summed E-state index contributed by atoms with van der Waals surface area (Å²) in [6.45, 7) is 0. The van der Waals surface area contributed by atoms with Crippen LogP contribution in [-0.4, -0.2) is 25.7 Å². The highest BCUT2D eigenvalue weighted by molar-refractivity contribution is 7.99. The highest BCUT2D eigenvalue weighted by Gasteiger charge is 2.19. The lowest BCUT2D eigenvalue weighted by Crippen LogP contribution is -2.09. The van der Waals surface area contributed by atoms with Gasteiger partial charge in [0.1, 0.15) is 11.9 Å². The number of aromatic nitrogens is 2. The van der Waals surface area contributed by atoms with E-state index in [0.717, 1.165) is 16.8 Å². The van der Waals surface area contributed by atoms with Crippen LogP contribution < -0.4 is 0 Å². The standard InChI is InChI=1S/C11H18N2OS/c1-13-7-6-12-11(13)10(14)8-15-9-4-2-3-5-9/h6-7,9-10,14H,2-5,8H2,1H3. The minimum atomic E-state index is -0.421. The van der Waals surface area contributed by atoms with E-state index < -0.39 is 6.10 Å². The van der Waals surface area contributed by atoms with Gasteiger partial charge in [-0.25, -0.2) is 4.98 Å². The fourth-order valence-electron chi connectivity index (χ4n) is 2.06. The number of hydrogen-bond donors (Lipinski definition) is 1. The fourth-order valence-corrected chi connectivity index (χ4v) is 3.33. The molecule has 1 atom stereocenters. The van der Waals surface area contributed by atoms with Gasteiger partial charge >= 0.3 is 0 Å². The van der Waals surface area contributed by atoms with E-state index in [4.69, 9.17) is 0 Å². The van der Waals surface area contributed by atoms with E-state index in [2.05, 4.69) is 4.98 Å². The van der Waals surface area contributed by atoms with Gasteiger partial charge in [0, 0.05) is 30.4 Å². The first-order valence-corrected chi connectivity index (χ1v) is 6.59. The summed E-state index contributed by atoms with van der Waals surface area (Å²) in [5.74, 6) is 1.55. The Hall–Kier alpha value is -0.480. The van der Waals surface area contributed by atoms with Gasteiger partial charge in [0.15, 0.2) is 0 Å². The molecule has 3 nitrogen and oxygen atoms in total. The topological polar surface area (TPSA) is 38.0 Å². The van der Waals surface area contributed by atoms with Crippen molar-refractivity contribution in [1.29, 1.82) is 0 Å². The Bertz CT molecular complexity index is 307. The van der Waals surface area contributed by atoms with Crippen LogP contribution >= 0.6 is 11.8 Å². The van der Waals surface area contributed by atoms with Crippen molar-refractivity contribution in [2.75, 3.05) is 5.75 Å². The van der Waals surface area contributed by atoms with Crippen LogP contribution in [0, 0.1) is 0 Å². The van der Waals surface area contributed by atoms with Gasteiger partial charge in [0.05, 0.1) is 0 Å². The van der Waals surface area contributed by atoms with Gasteiger partial charge in [0.25, 0.3) is 0 Å². The molecule has 1 fully saturated rings. The smallest absolute Gasteiger partial charge is 0.138 e. The maximum Gasteiger partial charge on any atom is 0.138 e. The van der Waals surface area contributed by atoms with E-state index in [1.54, 1.807) is 6.20 Å². The van der Waals surface area contributed by atoms with E-state index in [9.17, 15) is 5.11 Å². The molecule has 0 radical (unpaired) electrons. The molecule has 1 aliphatic rings. The van der Waals surface area contributed by atoms with Crippen LogP contribution in [0.3, 0.4) is 0 Å². The summed E-state index contributed by atoms with van der Waals surface area (Å²) < 4.78 is 1.89. The quantitative estimate of drug-likeness (QED) is 0.854. The number of aliphatic hydroxyl groups excluding tert-OH is 1. The SMILES string of the molecule is Cn1ccnc1C(O)CSC1CCCC1. The van der Waals surface area contributed by atoms with Crippen molar-refractivity contribution in [3.05, 3.63) is 18.2 Å². The Morgan fingerprint density at radius 2 is 2.33 bits per heavy atom. The first kappa shape index (κ1) is 11.0. The molecule has 2 rings (SSSR count). The van der Waals surface area contributed by atoms with Crippen LogP contribution in [0.25, 0.3) is 0 Å². The number of aliphatic hydroxyl groups is 1. The maximum absolute atomic E-state index is 9.95. The number of hydrogen-bond acceptors (Lipinski definition) is 3. The van der Waals surface area contributed by atoms with Gasteiger partial charge < -0.3 is 9.67 Å². The van der Waals surface area contributed by atoms with E-state index in [-0.39, 0.29) is 0 Å². The Morgan fingerprint density at radius 3 is 2.93 bits per heavy atom. The summed E-state index contributed by atoms with van der Waals surface area (Å²) in [6, 6.07) is 0. The molecule has 0 saturated heterocycles. The largest absolute Gasteiger partial charge is 0.384 e. The normalized spacial score (nSPS) is 19.6. The molecule has 0 amide bonds. The number of nitrogens with zero attached hydrogens (tertiary/aromatic N) is 2. The average molecular weight is 226 g/mol. The maximum atomic E-state index is 9.95. The first-order valence-electron chi connectivity index (χ1n) is 5.54. The number of rotatable bonds is 4. The van der Waals surface area contributed by atoms with Crippen LogP contribution in [-0.2, 0) is 7.05 Å². The second-order valence-corrected chi connectivity index (χ2v) is 5.49. The average Bonchev–Trinajstić information content (AvgIpc) is 2.84. The lowest BCUT2D eigenvalue weighted by atomic mass is 10.4. The molecule has 0 bridgehead atoms. The monoisotopic (exact) mass is 226 g/mol. The van der Waals surface area contributed by atoms with Crippen molar-refractivity contribution in [2.24, 2.45) is 7.05 Å². The minimum absolute atomic E-state index is 0.421. The Labute approximate surface area is 94.9 Å². The number of thioether (sulfide) groups is 1. The summed E-state index contributed by atoms with van der Waals surface area (Å²) in [5, 5.41) is 10.7. The molecule has 15 heavy (non-hydrogen) atoms. The second-order valence-electron chi connectivity index (χ2n) is 4.15. The lowest BCUT2D eigenvalue weighted by Gasteiger charge is -2.13. The van der Waals surface area contributed by atoms with Gasteiger partial charge in [-0.3, -0.25) is 0 Å². The molecular formula is C11H18N2OS. The van der Waals surface area contributed by atoms with Crippen molar-refractivity contribution < 1.29 is 5.11 Å². The molecule has 1 aliphatic carbocycles. The van der Waals surface area contributed by atoms with Gasteiger partial charge in [-0.2, -0.15) is 11.8 Å². The molecule has 0 aromatic carbocycles. The minimum Gasteiger partial charge on any atom is -0.384 e. The van der Waals surface area contributed by atoms with Gasteiger partial charge in [0.2, 0.25) is 0 Å². The molecular weight excluding hydrogens is 208 g/mol. The third-order valence-corrected chi connectivity index (χ3v) is 4.40. The molecule has 1 unspecified atom stereocenters. The number of aryl methyl sites for hydroxylation is 1. The van der Waals surface area contributed by atoms with Crippen molar-refractivity contribution >= 4 is 11.8 Å².